The molecule has 0 spiro atoms. The van der Waals surface area contributed by atoms with Crippen LogP contribution in [0.4, 0.5) is 5.69 Å². The summed E-state index contributed by atoms with van der Waals surface area (Å²) in [4.78, 5) is 9.41. The summed E-state index contributed by atoms with van der Waals surface area (Å²) in [7, 11) is 0. The van der Waals surface area contributed by atoms with E-state index in [1.54, 1.807) is 0 Å². The first-order valence-electron chi connectivity index (χ1n) is 9.23. The van der Waals surface area contributed by atoms with Crippen LogP contribution in [0, 0.1) is 6.92 Å². The summed E-state index contributed by atoms with van der Waals surface area (Å²) in [6.45, 7) is 8.04. The van der Waals surface area contributed by atoms with E-state index in [9.17, 15) is 0 Å². The maximum Gasteiger partial charge on any atom is 0.241 e. The fourth-order valence-corrected chi connectivity index (χ4v) is 3.70. The number of halogens is 1. The van der Waals surface area contributed by atoms with Crippen molar-refractivity contribution in [3.05, 3.63) is 65.0 Å². The topological polar surface area (TPSA) is 45.4 Å². The van der Waals surface area contributed by atoms with E-state index in [1.165, 1.54) is 11.3 Å². The van der Waals surface area contributed by atoms with Crippen LogP contribution >= 0.6 is 11.6 Å². The Morgan fingerprint density at radius 3 is 2.63 bits per heavy atom. The molecule has 1 aliphatic rings. The quantitative estimate of drug-likeness (QED) is 0.668. The second kappa shape index (κ2) is 7.71. The van der Waals surface area contributed by atoms with Crippen LogP contribution in [0.1, 0.15) is 18.4 Å². The first kappa shape index (κ1) is 18.0. The van der Waals surface area contributed by atoms with Crippen LogP contribution in [-0.4, -0.2) is 40.7 Å². The fourth-order valence-electron chi connectivity index (χ4n) is 3.58. The van der Waals surface area contributed by atoms with Crippen molar-refractivity contribution >= 4 is 17.3 Å². The highest BCUT2D eigenvalue weighted by molar-refractivity contribution is 6.30. The maximum absolute atomic E-state index is 5.94. The second-order valence-electron chi connectivity index (χ2n) is 7.07. The molecule has 0 saturated carbocycles. The predicted octanol–water partition coefficient (Wildman–Crippen LogP) is 4.41. The Balaban J connectivity index is 1.41. The summed E-state index contributed by atoms with van der Waals surface area (Å²) >= 11 is 5.94. The van der Waals surface area contributed by atoms with Gasteiger partial charge in [0, 0.05) is 41.9 Å². The van der Waals surface area contributed by atoms with Crippen LogP contribution in [0.3, 0.4) is 0 Å². The van der Waals surface area contributed by atoms with Gasteiger partial charge < -0.3 is 9.42 Å². The van der Waals surface area contributed by atoms with E-state index in [0.717, 1.165) is 25.2 Å². The SMILES string of the molecule is Cc1ccccc1N1CCN(Cc2nc(-c3ccc(Cl)cc3)no2)[C@H](C)C1. The molecule has 0 bridgehead atoms. The van der Waals surface area contributed by atoms with Crippen molar-refractivity contribution in [2.24, 2.45) is 0 Å². The molecule has 0 unspecified atom stereocenters. The number of para-hydroxylation sites is 1. The number of nitrogens with zero attached hydrogens (tertiary/aromatic N) is 4. The lowest BCUT2D eigenvalue weighted by atomic mass is 10.1. The lowest BCUT2D eigenvalue weighted by Gasteiger charge is -2.40. The summed E-state index contributed by atoms with van der Waals surface area (Å²) in [5, 5.41) is 4.81. The van der Waals surface area contributed by atoms with Crippen LogP contribution < -0.4 is 4.90 Å². The molecule has 27 heavy (non-hydrogen) atoms. The molecule has 2 heterocycles. The number of aryl methyl sites for hydroxylation is 1. The highest BCUT2D eigenvalue weighted by Gasteiger charge is 2.26. The molecule has 1 fully saturated rings. The average Bonchev–Trinajstić information content (AvgIpc) is 3.13. The lowest BCUT2D eigenvalue weighted by Crippen LogP contribution is -2.51. The highest BCUT2D eigenvalue weighted by Crippen LogP contribution is 2.24. The van der Waals surface area contributed by atoms with Gasteiger partial charge in [-0.05, 0) is 49.7 Å². The van der Waals surface area contributed by atoms with Gasteiger partial charge in [0.25, 0.3) is 0 Å². The van der Waals surface area contributed by atoms with Gasteiger partial charge in [-0.15, -0.1) is 0 Å². The summed E-state index contributed by atoms with van der Waals surface area (Å²) in [5.41, 5.74) is 3.56. The van der Waals surface area contributed by atoms with E-state index >= 15 is 0 Å². The van der Waals surface area contributed by atoms with Crippen molar-refractivity contribution in [2.45, 2.75) is 26.4 Å². The third kappa shape index (κ3) is 3.99. The summed E-state index contributed by atoms with van der Waals surface area (Å²) < 4.78 is 5.48. The Kier molecular flexibility index (Phi) is 5.14. The molecule has 1 aromatic heterocycles. The second-order valence-corrected chi connectivity index (χ2v) is 7.51. The summed E-state index contributed by atoms with van der Waals surface area (Å²) in [6, 6.07) is 16.4. The largest absolute Gasteiger partial charge is 0.368 e. The molecule has 0 aliphatic carbocycles. The molecule has 5 nitrogen and oxygen atoms in total. The van der Waals surface area contributed by atoms with Gasteiger partial charge in [-0.3, -0.25) is 4.90 Å². The minimum Gasteiger partial charge on any atom is -0.368 e. The van der Waals surface area contributed by atoms with Crippen molar-refractivity contribution < 1.29 is 4.52 Å². The van der Waals surface area contributed by atoms with Crippen LogP contribution in [0.5, 0.6) is 0 Å². The highest BCUT2D eigenvalue weighted by atomic mass is 35.5. The normalized spacial score (nSPS) is 18.0. The smallest absolute Gasteiger partial charge is 0.241 e. The van der Waals surface area contributed by atoms with E-state index in [-0.39, 0.29) is 0 Å². The molecule has 0 amide bonds. The molecule has 0 radical (unpaired) electrons. The van der Waals surface area contributed by atoms with Crippen molar-refractivity contribution in [1.82, 2.24) is 15.0 Å². The Morgan fingerprint density at radius 2 is 1.89 bits per heavy atom. The molecule has 140 valence electrons. The van der Waals surface area contributed by atoms with E-state index in [2.05, 4.69) is 58.1 Å². The number of aromatic nitrogens is 2. The summed E-state index contributed by atoms with van der Waals surface area (Å²) in [5.74, 6) is 1.25. The number of anilines is 1. The number of piperazine rings is 1. The van der Waals surface area contributed by atoms with Gasteiger partial charge in [0.1, 0.15) is 0 Å². The van der Waals surface area contributed by atoms with Gasteiger partial charge in [-0.1, -0.05) is 35.0 Å². The standard InChI is InChI=1S/C21H23ClN4O/c1-15-5-3-4-6-19(15)26-12-11-25(16(2)13-26)14-20-23-21(24-27-20)17-7-9-18(22)10-8-17/h3-10,16H,11-14H2,1-2H3/t16-/m1/s1. The van der Waals surface area contributed by atoms with Crippen molar-refractivity contribution in [3.8, 4) is 11.4 Å². The monoisotopic (exact) mass is 382 g/mol. The van der Waals surface area contributed by atoms with E-state index in [4.69, 9.17) is 16.1 Å². The third-order valence-electron chi connectivity index (χ3n) is 5.13. The van der Waals surface area contributed by atoms with Gasteiger partial charge in [-0.25, -0.2) is 0 Å². The molecule has 4 rings (SSSR count). The Labute approximate surface area is 164 Å². The zero-order chi connectivity index (χ0) is 18.8. The lowest BCUT2D eigenvalue weighted by molar-refractivity contribution is 0.159. The van der Waals surface area contributed by atoms with Crippen LogP contribution in [-0.2, 0) is 6.54 Å². The number of benzene rings is 2. The Hall–Kier alpha value is -2.37. The molecule has 2 aromatic carbocycles. The van der Waals surface area contributed by atoms with Crippen LogP contribution in [0.15, 0.2) is 53.1 Å². The minimum atomic E-state index is 0.407. The third-order valence-corrected chi connectivity index (χ3v) is 5.38. The van der Waals surface area contributed by atoms with Crippen molar-refractivity contribution in [1.29, 1.82) is 0 Å². The number of hydrogen-bond donors (Lipinski definition) is 0. The molecule has 3 aromatic rings. The molecule has 0 N–H and O–H groups in total. The molecule has 6 heteroatoms. The van der Waals surface area contributed by atoms with Gasteiger partial charge in [0.2, 0.25) is 11.7 Å². The first-order chi connectivity index (χ1) is 13.1. The molecule has 1 saturated heterocycles. The van der Waals surface area contributed by atoms with Crippen molar-refractivity contribution in [3.63, 3.8) is 0 Å². The maximum atomic E-state index is 5.94. The van der Waals surface area contributed by atoms with Gasteiger partial charge >= 0.3 is 0 Å². The zero-order valence-electron chi connectivity index (χ0n) is 15.6. The van der Waals surface area contributed by atoms with Gasteiger partial charge in [0.05, 0.1) is 6.54 Å². The number of hydrogen-bond acceptors (Lipinski definition) is 5. The minimum absolute atomic E-state index is 0.407. The molecular formula is C21H23ClN4O. The molecule has 1 atom stereocenters. The Morgan fingerprint density at radius 1 is 1.11 bits per heavy atom. The van der Waals surface area contributed by atoms with Crippen molar-refractivity contribution in [2.75, 3.05) is 24.5 Å². The van der Waals surface area contributed by atoms with E-state index < -0.39 is 0 Å². The summed E-state index contributed by atoms with van der Waals surface area (Å²) in [6.07, 6.45) is 0. The van der Waals surface area contributed by atoms with E-state index in [1.807, 2.05) is 24.3 Å². The molecule has 1 aliphatic heterocycles. The Bertz CT molecular complexity index is 909. The predicted molar refractivity (Wildman–Crippen MR) is 108 cm³/mol. The van der Waals surface area contributed by atoms with E-state index in [0.29, 0.717) is 29.3 Å². The van der Waals surface area contributed by atoms with Gasteiger partial charge in [0.15, 0.2) is 0 Å². The number of rotatable bonds is 4. The zero-order valence-corrected chi connectivity index (χ0v) is 16.4. The van der Waals surface area contributed by atoms with Crippen LogP contribution in [0.2, 0.25) is 5.02 Å². The van der Waals surface area contributed by atoms with Crippen LogP contribution in [0.25, 0.3) is 11.4 Å². The van der Waals surface area contributed by atoms with Gasteiger partial charge in [-0.2, -0.15) is 4.98 Å². The fraction of sp³-hybridized carbons (Fsp3) is 0.333. The molecular weight excluding hydrogens is 360 g/mol. The average molecular weight is 383 g/mol. The first-order valence-corrected chi connectivity index (χ1v) is 9.61.